The Morgan fingerprint density at radius 1 is 0.460 bits per heavy atom. The molecule has 0 bridgehead atoms. The number of benzene rings is 8. The quantitative estimate of drug-likeness (QED) is 0.188. The zero-order valence-electron chi connectivity index (χ0n) is 26.9. The Hall–Kier alpha value is -6.36. The normalized spacial score (nSPS) is 12.0. The lowest BCUT2D eigenvalue weighted by molar-refractivity contribution is 0.669. The van der Waals surface area contributed by atoms with Crippen molar-refractivity contribution in [3.05, 3.63) is 170 Å². The maximum Gasteiger partial charge on any atom is 0.137 e. The van der Waals surface area contributed by atoms with Crippen LogP contribution in [0.15, 0.2) is 174 Å². The van der Waals surface area contributed by atoms with Crippen LogP contribution in [0.25, 0.3) is 80.4 Å². The van der Waals surface area contributed by atoms with E-state index in [0.29, 0.717) is 0 Å². The second-order valence-corrected chi connectivity index (χ2v) is 14.0. The molecule has 0 aliphatic carbocycles. The fraction of sp³-hybridized carbons (Fsp3) is 0. The van der Waals surface area contributed by atoms with Gasteiger partial charge in [0.1, 0.15) is 11.2 Å². The van der Waals surface area contributed by atoms with Gasteiger partial charge in [0.2, 0.25) is 0 Å². The van der Waals surface area contributed by atoms with Gasteiger partial charge in [-0.2, -0.15) is 0 Å². The highest BCUT2D eigenvalue weighted by Gasteiger charge is 2.22. The summed E-state index contributed by atoms with van der Waals surface area (Å²) in [6, 6.07) is 61.2. The number of hydrogen-bond acceptors (Lipinski definition) is 3. The molecular formula is C46H28N2OS. The highest BCUT2D eigenvalue weighted by molar-refractivity contribution is 7.26. The standard InChI is InChI=1S/C46H28N2OS/c1-2-12-30(13-3-1)48-39-17-8-6-15-34(39)35-25-22-31(27-41(35)48)47(40-18-10-20-43-45(40)38-16-7-9-19-42(38)49-43)32-23-26-36-37-24-21-29-11-4-5-14-33(29)46(37)50-44(36)28-32/h1-28H. The minimum absolute atomic E-state index is 0.877. The van der Waals surface area contributed by atoms with Gasteiger partial charge in [0.15, 0.2) is 0 Å². The molecule has 8 aromatic carbocycles. The number of hydrogen-bond donors (Lipinski definition) is 0. The highest BCUT2D eigenvalue weighted by atomic mass is 32.1. The maximum absolute atomic E-state index is 6.42. The molecule has 11 rings (SSSR count). The molecule has 0 aliphatic rings. The third kappa shape index (κ3) is 3.97. The first-order valence-corrected chi connectivity index (χ1v) is 17.7. The van der Waals surface area contributed by atoms with Crippen molar-refractivity contribution in [2.45, 2.75) is 0 Å². The summed E-state index contributed by atoms with van der Waals surface area (Å²) in [6.45, 7) is 0. The molecule has 3 nitrogen and oxygen atoms in total. The van der Waals surface area contributed by atoms with Crippen molar-refractivity contribution in [1.82, 2.24) is 4.57 Å². The van der Waals surface area contributed by atoms with Crippen molar-refractivity contribution in [1.29, 1.82) is 0 Å². The lowest BCUT2D eigenvalue weighted by Gasteiger charge is -2.26. The fourth-order valence-corrected chi connectivity index (χ4v) is 9.23. The average molecular weight is 657 g/mol. The van der Waals surface area contributed by atoms with E-state index < -0.39 is 0 Å². The van der Waals surface area contributed by atoms with Gasteiger partial charge in [0, 0.05) is 53.4 Å². The van der Waals surface area contributed by atoms with Crippen LogP contribution in [0, 0.1) is 0 Å². The van der Waals surface area contributed by atoms with Crippen LogP contribution in [-0.4, -0.2) is 4.57 Å². The number of furan rings is 1. The lowest BCUT2D eigenvalue weighted by atomic mass is 10.0. The van der Waals surface area contributed by atoms with Gasteiger partial charge in [-0.25, -0.2) is 0 Å². The summed E-state index contributed by atoms with van der Waals surface area (Å²) in [5.41, 5.74) is 8.54. The van der Waals surface area contributed by atoms with E-state index in [0.717, 1.165) is 44.7 Å². The van der Waals surface area contributed by atoms with Gasteiger partial charge in [-0.05, 0) is 71.4 Å². The topological polar surface area (TPSA) is 21.3 Å². The number of rotatable bonds is 4. The van der Waals surface area contributed by atoms with Crippen molar-refractivity contribution in [3.63, 3.8) is 0 Å². The van der Waals surface area contributed by atoms with Gasteiger partial charge >= 0.3 is 0 Å². The van der Waals surface area contributed by atoms with E-state index in [-0.39, 0.29) is 0 Å². The zero-order chi connectivity index (χ0) is 32.8. The smallest absolute Gasteiger partial charge is 0.137 e. The number of fused-ring (bicyclic) bond motifs is 11. The molecule has 0 saturated carbocycles. The van der Waals surface area contributed by atoms with Crippen molar-refractivity contribution < 1.29 is 4.42 Å². The molecular weight excluding hydrogens is 629 g/mol. The first-order valence-electron chi connectivity index (χ1n) is 16.9. The number of anilines is 3. The Bertz CT molecular complexity index is 3110. The third-order valence-electron chi connectivity index (χ3n) is 10.2. The summed E-state index contributed by atoms with van der Waals surface area (Å²) in [7, 11) is 0. The predicted octanol–water partition coefficient (Wildman–Crippen LogP) is 13.7. The minimum atomic E-state index is 0.877. The van der Waals surface area contributed by atoms with E-state index >= 15 is 0 Å². The summed E-state index contributed by atoms with van der Waals surface area (Å²) in [5, 5.41) is 9.85. The van der Waals surface area contributed by atoms with Crippen LogP contribution >= 0.6 is 11.3 Å². The molecule has 0 saturated heterocycles. The first-order chi connectivity index (χ1) is 24.8. The summed E-state index contributed by atoms with van der Waals surface area (Å²) >= 11 is 1.88. The summed E-state index contributed by atoms with van der Waals surface area (Å²) in [6.07, 6.45) is 0. The van der Waals surface area contributed by atoms with E-state index in [1.54, 1.807) is 0 Å². The summed E-state index contributed by atoms with van der Waals surface area (Å²) in [4.78, 5) is 2.42. The second kappa shape index (κ2) is 10.6. The van der Waals surface area contributed by atoms with E-state index in [4.69, 9.17) is 4.42 Å². The Morgan fingerprint density at radius 2 is 1.14 bits per heavy atom. The molecule has 0 amide bonds. The molecule has 0 atom stereocenters. The molecule has 0 aliphatic heterocycles. The molecule has 11 aromatic rings. The fourth-order valence-electron chi connectivity index (χ4n) is 7.95. The number of nitrogens with zero attached hydrogens (tertiary/aromatic N) is 2. The van der Waals surface area contributed by atoms with Crippen molar-refractivity contribution in [2.24, 2.45) is 0 Å². The molecule has 0 N–H and O–H groups in total. The van der Waals surface area contributed by atoms with E-state index in [1.807, 2.05) is 17.4 Å². The van der Waals surface area contributed by atoms with E-state index in [1.165, 1.54) is 52.8 Å². The van der Waals surface area contributed by atoms with Crippen molar-refractivity contribution in [2.75, 3.05) is 4.90 Å². The van der Waals surface area contributed by atoms with Crippen LogP contribution in [-0.2, 0) is 0 Å². The lowest BCUT2D eigenvalue weighted by Crippen LogP contribution is -2.10. The molecule has 0 radical (unpaired) electrons. The predicted molar refractivity (Wildman–Crippen MR) is 213 cm³/mol. The molecule has 234 valence electrons. The summed E-state index contributed by atoms with van der Waals surface area (Å²) in [5.74, 6) is 0. The Kier molecular flexibility index (Phi) is 5.83. The number of aromatic nitrogens is 1. The third-order valence-corrected chi connectivity index (χ3v) is 11.4. The Morgan fingerprint density at radius 3 is 2.04 bits per heavy atom. The Labute approximate surface area is 291 Å². The first kappa shape index (κ1) is 27.6. The van der Waals surface area contributed by atoms with Gasteiger partial charge in [-0.3, -0.25) is 0 Å². The molecule has 50 heavy (non-hydrogen) atoms. The van der Waals surface area contributed by atoms with Crippen LogP contribution in [0.4, 0.5) is 17.1 Å². The molecule has 0 spiro atoms. The van der Waals surface area contributed by atoms with Crippen LogP contribution < -0.4 is 4.90 Å². The molecule has 3 aromatic heterocycles. The van der Waals surface area contributed by atoms with Crippen molar-refractivity contribution >= 4 is 103 Å². The highest BCUT2D eigenvalue weighted by Crippen LogP contribution is 2.47. The number of thiophene rings is 1. The van der Waals surface area contributed by atoms with Crippen LogP contribution in [0.2, 0.25) is 0 Å². The van der Waals surface area contributed by atoms with Gasteiger partial charge in [-0.15, -0.1) is 11.3 Å². The SMILES string of the molecule is c1ccc(-n2c3ccccc3c3ccc(N(c4ccc5c(c4)sc4c6ccccc6ccc54)c4cccc5oc6ccccc6c45)cc32)cc1. The molecule has 4 heteroatoms. The molecule has 0 fully saturated rings. The van der Waals surface area contributed by atoms with E-state index in [2.05, 4.69) is 173 Å². The molecule has 3 heterocycles. The van der Waals surface area contributed by atoms with Gasteiger partial charge in [-0.1, -0.05) is 109 Å². The Balaban J connectivity index is 1.22. The van der Waals surface area contributed by atoms with Gasteiger partial charge in [0.05, 0.1) is 22.1 Å². The maximum atomic E-state index is 6.42. The van der Waals surface area contributed by atoms with E-state index in [9.17, 15) is 0 Å². The minimum Gasteiger partial charge on any atom is -0.456 e. The zero-order valence-corrected chi connectivity index (χ0v) is 27.7. The number of para-hydroxylation sites is 3. The average Bonchev–Trinajstić information content (AvgIpc) is 3.85. The van der Waals surface area contributed by atoms with Crippen molar-refractivity contribution in [3.8, 4) is 5.69 Å². The van der Waals surface area contributed by atoms with Crippen LogP contribution in [0.5, 0.6) is 0 Å². The van der Waals surface area contributed by atoms with Gasteiger partial charge < -0.3 is 13.9 Å². The monoisotopic (exact) mass is 656 g/mol. The second-order valence-electron chi connectivity index (χ2n) is 12.9. The molecule has 0 unspecified atom stereocenters. The van der Waals surface area contributed by atoms with Crippen LogP contribution in [0.3, 0.4) is 0 Å². The largest absolute Gasteiger partial charge is 0.456 e. The van der Waals surface area contributed by atoms with Gasteiger partial charge in [0.25, 0.3) is 0 Å². The van der Waals surface area contributed by atoms with Crippen LogP contribution in [0.1, 0.15) is 0 Å². The summed E-state index contributed by atoms with van der Waals surface area (Å²) < 4.78 is 11.4.